The topological polar surface area (TPSA) is 21.3 Å². The van der Waals surface area contributed by atoms with Crippen molar-refractivity contribution in [2.75, 3.05) is 13.7 Å². The van der Waals surface area contributed by atoms with Crippen LogP contribution in [0.5, 0.6) is 0 Å². The maximum Gasteiger partial charge on any atom is 0.0867 e. The molecule has 1 N–H and O–H groups in total. The van der Waals surface area contributed by atoms with Gasteiger partial charge in [-0.05, 0) is 31.4 Å². The second-order valence-electron chi connectivity index (χ2n) is 4.77. The van der Waals surface area contributed by atoms with E-state index in [0.717, 1.165) is 25.8 Å². The van der Waals surface area contributed by atoms with Gasteiger partial charge < -0.3 is 10.1 Å². The van der Waals surface area contributed by atoms with Crippen LogP contribution in [0.2, 0.25) is 0 Å². The highest BCUT2D eigenvalue weighted by atomic mass is 16.5. The van der Waals surface area contributed by atoms with Crippen molar-refractivity contribution < 1.29 is 4.74 Å². The van der Waals surface area contributed by atoms with Crippen LogP contribution >= 0.6 is 0 Å². The molecule has 0 aliphatic rings. The molecule has 0 saturated heterocycles. The molecular weight excluding hydrogens is 222 g/mol. The summed E-state index contributed by atoms with van der Waals surface area (Å²) in [5.41, 5.74) is 1.20. The summed E-state index contributed by atoms with van der Waals surface area (Å²) in [6.07, 6.45) is 3.16. The van der Waals surface area contributed by atoms with Crippen LogP contribution in [0.1, 0.15) is 51.6 Å². The molecule has 0 aromatic heterocycles. The second-order valence-corrected chi connectivity index (χ2v) is 4.77. The Balaban J connectivity index is 3.03. The zero-order valence-corrected chi connectivity index (χ0v) is 12.2. The molecule has 0 amide bonds. The summed E-state index contributed by atoms with van der Waals surface area (Å²) in [5, 5.41) is 3.65. The highest BCUT2D eigenvalue weighted by Gasteiger charge is 2.36. The minimum Gasteiger partial charge on any atom is -0.376 e. The van der Waals surface area contributed by atoms with E-state index >= 15 is 0 Å². The molecule has 0 aliphatic heterocycles. The molecule has 0 fully saturated rings. The molecule has 2 heteroatoms. The van der Waals surface area contributed by atoms with Crippen molar-refractivity contribution in [1.82, 2.24) is 5.32 Å². The summed E-state index contributed by atoms with van der Waals surface area (Å²) < 4.78 is 5.89. The highest BCUT2D eigenvalue weighted by Crippen LogP contribution is 2.34. The summed E-state index contributed by atoms with van der Waals surface area (Å²) in [6, 6.07) is 10.9. The molecule has 0 saturated carbocycles. The largest absolute Gasteiger partial charge is 0.376 e. The Morgan fingerprint density at radius 2 is 1.72 bits per heavy atom. The first-order valence-electron chi connectivity index (χ1n) is 7.07. The fourth-order valence-electron chi connectivity index (χ4n) is 2.61. The quantitative estimate of drug-likeness (QED) is 0.753. The van der Waals surface area contributed by atoms with Gasteiger partial charge in [0.2, 0.25) is 0 Å². The van der Waals surface area contributed by atoms with Gasteiger partial charge in [0.05, 0.1) is 11.6 Å². The van der Waals surface area contributed by atoms with Gasteiger partial charge in [-0.15, -0.1) is 0 Å². The van der Waals surface area contributed by atoms with Gasteiger partial charge in [0, 0.05) is 7.11 Å². The van der Waals surface area contributed by atoms with Gasteiger partial charge in [-0.3, -0.25) is 0 Å². The van der Waals surface area contributed by atoms with Crippen molar-refractivity contribution in [3.8, 4) is 0 Å². The fraction of sp³-hybridized carbons (Fsp3) is 0.625. The van der Waals surface area contributed by atoms with Crippen LogP contribution in [-0.4, -0.2) is 19.3 Å². The van der Waals surface area contributed by atoms with Gasteiger partial charge >= 0.3 is 0 Å². The molecular formula is C16H27NO. The first-order chi connectivity index (χ1) is 8.74. The minimum absolute atomic E-state index is 0.115. The smallest absolute Gasteiger partial charge is 0.0867 e. The molecule has 0 radical (unpaired) electrons. The zero-order valence-electron chi connectivity index (χ0n) is 12.2. The van der Waals surface area contributed by atoms with E-state index in [1.54, 1.807) is 0 Å². The van der Waals surface area contributed by atoms with Crippen molar-refractivity contribution in [2.45, 2.75) is 51.7 Å². The highest BCUT2D eigenvalue weighted by molar-refractivity contribution is 5.22. The molecule has 1 aromatic rings. The maximum atomic E-state index is 5.89. The number of rotatable bonds is 8. The third-order valence-electron chi connectivity index (χ3n) is 3.86. The summed E-state index contributed by atoms with van der Waals surface area (Å²) in [4.78, 5) is 0. The molecule has 1 rings (SSSR count). The number of nitrogens with one attached hydrogen (secondary N) is 1. The molecule has 18 heavy (non-hydrogen) atoms. The molecule has 1 atom stereocenters. The third kappa shape index (κ3) is 3.33. The third-order valence-corrected chi connectivity index (χ3v) is 3.86. The van der Waals surface area contributed by atoms with E-state index in [-0.39, 0.29) is 11.6 Å². The molecule has 102 valence electrons. The van der Waals surface area contributed by atoms with Gasteiger partial charge in [0.25, 0.3) is 0 Å². The van der Waals surface area contributed by atoms with Crippen LogP contribution in [0.15, 0.2) is 30.3 Å². The summed E-state index contributed by atoms with van der Waals surface area (Å²) in [5.74, 6) is 0. The van der Waals surface area contributed by atoms with Crippen molar-refractivity contribution in [3.05, 3.63) is 35.9 Å². The van der Waals surface area contributed by atoms with Crippen molar-refractivity contribution in [3.63, 3.8) is 0 Å². The van der Waals surface area contributed by atoms with Gasteiger partial charge in [-0.1, -0.05) is 51.1 Å². The van der Waals surface area contributed by atoms with Gasteiger partial charge in [0.15, 0.2) is 0 Å². The molecule has 0 heterocycles. The Kier molecular flexibility index (Phi) is 6.37. The van der Waals surface area contributed by atoms with Crippen molar-refractivity contribution >= 4 is 0 Å². The van der Waals surface area contributed by atoms with E-state index in [4.69, 9.17) is 4.74 Å². The Labute approximate surface area is 112 Å². The van der Waals surface area contributed by atoms with Crippen LogP contribution in [0.4, 0.5) is 0 Å². The molecule has 1 aromatic carbocycles. The second kappa shape index (κ2) is 7.55. The molecule has 0 aliphatic carbocycles. The fourth-order valence-corrected chi connectivity index (χ4v) is 2.61. The Bertz CT molecular complexity index is 311. The normalized spacial score (nSPS) is 13.6. The van der Waals surface area contributed by atoms with Crippen LogP contribution in [0.25, 0.3) is 0 Å². The number of hydrogen-bond acceptors (Lipinski definition) is 2. The first-order valence-corrected chi connectivity index (χ1v) is 7.07. The standard InChI is InChI=1S/C16H27NO/c1-5-13-17-15(14-11-9-8-10-12-14)16(6-2,7-3)18-4/h8-12,15,17H,5-7,13H2,1-4H3. The lowest BCUT2D eigenvalue weighted by Crippen LogP contribution is -2.45. The van der Waals surface area contributed by atoms with Crippen LogP contribution in [0.3, 0.4) is 0 Å². The van der Waals surface area contributed by atoms with E-state index in [0.29, 0.717) is 0 Å². The van der Waals surface area contributed by atoms with Crippen LogP contribution in [0, 0.1) is 0 Å². The maximum absolute atomic E-state index is 5.89. The summed E-state index contributed by atoms with van der Waals surface area (Å²) in [7, 11) is 1.83. The predicted molar refractivity (Wildman–Crippen MR) is 77.8 cm³/mol. The van der Waals surface area contributed by atoms with Gasteiger partial charge in [0.1, 0.15) is 0 Å². The Hall–Kier alpha value is -0.860. The van der Waals surface area contributed by atoms with E-state index in [9.17, 15) is 0 Å². The van der Waals surface area contributed by atoms with Gasteiger partial charge in [-0.25, -0.2) is 0 Å². The SMILES string of the molecule is CCCNC(c1ccccc1)C(CC)(CC)OC. The lowest BCUT2D eigenvalue weighted by atomic mass is 9.83. The Morgan fingerprint density at radius 3 is 2.17 bits per heavy atom. The van der Waals surface area contributed by atoms with E-state index < -0.39 is 0 Å². The number of benzene rings is 1. The van der Waals surface area contributed by atoms with Gasteiger partial charge in [-0.2, -0.15) is 0 Å². The van der Waals surface area contributed by atoms with Crippen molar-refractivity contribution in [2.24, 2.45) is 0 Å². The number of hydrogen-bond donors (Lipinski definition) is 1. The first kappa shape index (κ1) is 15.2. The lowest BCUT2D eigenvalue weighted by Gasteiger charge is -2.39. The van der Waals surface area contributed by atoms with Crippen molar-refractivity contribution in [1.29, 1.82) is 0 Å². The summed E-state index contributed by atoms with van der Waals surface area (Å²) >= 11 is 0. The molecule has 0 bridgehead atoms. The summed E-state index contributed by atoms with van der Waals surface area (Å²) in [6.45, 7) is 7.62. The zero-order chi connectivity index (χ0) is 13.4. The number of ether oxygens (including phenoxy) is 1. The van der Waals surface area contributed by atoms with E-state index in [1.807, 2.05) is 7.11 Å². The minimum atomic E-state index is -0.115. The van der Waals surface area contributed by atoms with Crippen LogP contribution < -0.4 is 5.32 Å². The monoisotopic (exact) mass is 249 g/mol. The van der Waals surface area contributed by atoms with E-state index in [2.05, 4.69) is 56.4 Å². The van der Waals surface area contributed by atoms with Crippen LogP contribution in [-0.2, 0) is 4.74 Å². The predicted octanol–water partition coefficient (Wildman–Crippen LogP) is 3.93. The molecule has 2 nitrogen and oxygen atoms in total. The number of methoxy groups -OCH3 is 1. The molecule has 0 spiro atoms. The average molecular weight is 249 g/mol. The van der Waals surface area contributed by atoms with E-state index in [1.165, 1.54) is 5.56 Å². The Morgan fingerprint density at radius 1 is 1.11 bits per heavy atom. The molecule has 1 unspecified atom stereocenters. The lowest BCUT2D eigenvalue weighted by molar-refractivity contribution is -0.0485. The average Bonchev–Trinajstić information content (AvgIpc) is 2.45.